The first-order valence-electron chi connectivity index (χ1n) is 5.87. The van der Waals surface area contributed by atoms with E-state index in [9.17, 15) is 9.50 Å². The Bertz CT molecular complexity index is 557. The molecule has 1 atom stereocenters. The van der Waals surface area contributed by atoms with E-state index in [1.54, 1.807) is 24.4 Å². The summed E-state index contributed by atoms with van der Waals surface area (Å²) in [6, 6.07) is 7.93. The van der Waals surface area contributed by atoms with Gasteiger partial charge in [0, 0.05) is 23.2 Å². The Morgan fingerprint density at radius 3 is 2.79 bits per heavy atom. The number of pyridine rings is 1. The van der Waals surface area contributed by atoms with Crippen molar-refractivity contribution in [1.82, 2.24) is 4.98 Å². The molecule has 2 aromatic rings. The Morgan fingerprint density at radius 1 is 1.32 bits per heavy atom. The number of aromatic nitrogens is 1. The molecule has 0 aliphatic carbocycles. The number of aliphatic hydroxyl groups is 1. The SMILES string of the molecule is Nc1cc(CC(O)Cc2c(F)cccc2Cl)ccn1. The molecule has 100 valence electrons. The van der Waals surface area contributed by atoms with Crippen LogP contribution in [0.3, 0.4) is 0 Å². The van der Waals surface area contributed by atoms with Gasteiger partial charge in [0.05, 0.1) is 6.10 Å². The zero-order valence-electron chi connectivity index (χ0n) is 10.2. The molecule has 0 radical (unpaired) electrons. The van der Waals surface area contributed by atoms with Crippen LogP contribution >= 0.6 is 11.6 Å². The summed E-state index contributed by atoms with van der Waals surface area (Å²) >= 11 is 5.92. The van der Waals surface area contributed by atoms with Crippen LogP contribution in [0, 0.1) is 5.82 Å². The minimum absolute atomic E-state index is 0.160. The predicted molar refractivity (Wildman–Crippen MR) is 73.5 cm³/mol. The van der Waals surface area contributed by atoms with Gasteiger partial charge in [-0.1, -0.05) is 17.7 Å². The fourth-order valence-electron chi connectivity index (χ4n) is 1.93. The molecule has 1 aromatic heterocycles. The Labute approximate surface area is 115 Å². The molecular weight excluding hydrogens is 267 g/mol. The average molecular weight is 281 g/mol. The van der Waals surface area contributed by atoms with Gasteiger partial charge in [-0.15, -0.1) is 0 Å². The summed E-state index contributed by atoms with van der Waals surface area (Å²) in [5.41, 5.74) is 6.75. The smallest absolute Gasteiger partial charge is 0.127 e. The third kappa shape index (κ3) is 3.66. The molecular formula is C14H14ClFN2O. The van der Waals surface area contributed by atoms with Crippen LogP contribution < -0.4 is 5.73 Å². The first kappa shape index (κ1) is 13.8. The molecule has 1 aromatic carbocycles. The van der Waals surface area contributed by atoms with Crippen molar-refractivity contribution in [3.05, 3.63) is 58.5 Å². The minimum atomic E-state index is -0.726. The summed E-state index contributed by atoms with van der Waals surface area (Å²) in [6.07, 6.45) is 1.38. The van der Waals surface area contributed by atoms with Gasteiger partial charge >= 0.3 is 0 Å². The fourth-order valence-corrected chi connectivity index (χ4v) is 2.17. The summed E-state index contributed by atoms with van der Waals surface area (Å²) in [7, 11) is 0. The van der Waals surface area contributed by atoms with Crippen molar-refractivity contribution in [2.24, 2.45) is 0 Å². The molecule has 1 unspecified atom stereocenters. The van der Waals surface area contributed by atoms with Crippen molar-refractivity contribution >= 4 is 17.4 Å². The van der Waals surface area contributed by atoms with E-state index in [1.165, 1.54) is 12.1 Å². The van der Waals surface area contributed by atoms with Gasteiger partial charge in [-0.25, -0.2) is 9.37 Å². The highest BCUT2D eigenvalue weighted by atomic mass is 35.5. The quantitative estimate of drug-likeness (QED) is 0.905. The van der Waals surface area contributed by atoms with Gasteiger partial charge in [0.25, 0.3) is 0 Å². The van der Waals surface area contributed by atoms with Gasteiger partial charge in [0.15, 0.2) is 0 Å². The second-order valence-corrected chi connectivity index (χ2v) is 4.76. The predicted octanol–water partition coefficient (Wildman–Crippen LogP) is 2.60. The van der Waals surface area contributed by atoms with Gasteiger partial charge in [0.1, 0.15) is 11.6 Å². The van der Waals surface area contributed by atoms with Crippen LogP contribution in [0.25, 0.3) is 0 Å². The monoisotopic (exact) mass is 280 g/mol. The van der Waals surface area contributed by atoms with Gasteiger partial charge in [0.2, 0.25) is 0 Å². The minimum Gasteiger partial charge on any atom is -0.392 e. The Balaban J connectivity index is 2.07. The first-order valence-corrected chi connectivity index (χ1v) is 6.25. The number of anilines is 1. The van der Waals surface area contributed by atoms with Crippen molar-refractivity contribution in [3.8, 4) is 0 Å². The molecule has 0 spiro atoms. The van der Waals surface area contributed by atoms with Crippen LogP contribution in [0.1, 0.15) is 11.1 Å². The van der Waals surface area contributed by atoms with Gasteiger partial charge in [-0.05, 0) is 36.2 Å². The Kier molecular flexibility index (Phi) is 4.35. The standard InChI is InChI=1S/C14H14ClFN2O/c15-12-2-1-3-13(16)11(12)8-10(19)6-9-4-5-18-14(17)7-9/h1-5,7,10,19H,6,8H2,(H2,17,18). The maximum atomic E-state index is 13.6. The third-order valence-corrected chi connectivity index (χ3v) is 3.17. The second kappa shape index (κ2) is 5.99. The highest BCUT2D eigenvalue weighted by Gasteiger charge is 2.13. The molecule has 0 saturated carbocycles. The van der Waals surface area contributed by atoms with Crippen molar-refractivity contribution in [2.45, 2.75) is 18.9 Å². The first-order chi connectivity index (χ1) is 9.06. The zero-order chi connectivity index (χ0) is 13.8. The van der Waals surface area contributed by atoms with E-state index in [1.807, 2.05) is 0 Å². The van der Waals surface area contributed by atoms with Crippen LogP contribution in [0.4, 0.5) is 10.2 Å². The van der Waals surface area contributed by atoms with Crippen LogP contribution in [-0.2, 0) is 12.8 Å². The lowest BCUT2D eigenvalue weighted by Crippen LogP contribution is -2.15. The molecule has 0 aliphatic rings. The lowest BCUT2D eigenvalue weighted by Gasteiger charge is -2.12. The normalized spacial score (nSPS) is 12.4. The van der Waals surface area contributed by atoms with Crippen LogP contribution in [0.5, 0.6) is 0 Å². The number of nitrogens with zero attached hydrogens (tertiary/aromatic N) is 1. The summed E-state index contributed by atoms with van der Waals surface area (Å²) in [5, 5.41) is 10.3. The molecule has 0 amide bonds. The number of rotatable bonds is 4. The maximum absolute atomic E-state index is 13.6. The molecule has 19 heavy (non-hydrogen) atoms. The van der Waals surface area contributed by atoms with Crippen molar-refractivity contribution in [1.29, 1.82) is 0 Å². The number of hydrogen-bond acceptors (Lipinski definition) is 3. The zero-order valence-corrected chi connectivity index (χ0v) is 10.9. The van der Waals surface area contributed by atoms with E-state index in [4.69, 9.17) is 17.3 Å². The van der Waals surface area contributed by atoms with Crippen molar-refractivity contribution in [3.63, 3.8) is 0 Å². The third-order valence-electron chi connectivity index (χ3n) is 2.82. The Hall–Kier alpha value is -1.65. The van der Waals surface area contributed by atoms with Crippen molar-refractivity contribution < 1.29 is 9.50 Å². The number of aliphatic hydroxyl groups excluding tert-OH is 1. The topological polar surface area (TPSA) is 59.1 Å². The molecule has 1 heterocycles. The van der Waals surface area contributed by atoms with Gasteiger partial charge in [-0.3, -0.25) is 0 Å². The maximum Gasteiger partial charge on any atom is 0.127 e. The number of nitrogen functional groups attached to an aromatic ring is 1. The van der Waals surface area contributed by atoms with Crippen molar-refractivity contribution in [2.75, 3.05) is 5.73 Å². The van der Waals surface area contributed by atoms with Crippen LogP contribution in [0.2, 0.25) is 5.02 Å². The van der Waals surface area contributed by atoms with Crippen LogP contribution in [-0.4, -0.2) is 16.2 Å². The lowest BCUT2D eigenvalue weighted by atomic mass is 10.0. The van der Waals surface area contributed by atoms with E-state index in [-0.39, 0.29) is 6.42 Å². The molecule has 3 nitrogen and oxygen atoms in total. The van der Waals surface area contributed by atoms with Gasteiger partial charge < -0.3 is 10.8 Å². The fraction of sp³-hybridized carbons (Fsp3) is 0.214. The molecule has 3 N–H and O–H groups in total. The largest absolute Gasteiger partial charge is 0.392 e. The molecule has 0 aliphatic heterocycles. The Morgan fingerprint density at radius 2 is 2.11 bits per heavy atom. The summed E-state index contributed by atoms with van der Waals surface area (Å²) in [5.74, 6) is -0.00517. The summed E-state index contributed by atoms with van der Waals surface area (Å²) in [4.78, 5) is 3.87. The van der Waals surface area contributed by atoms with E-state index in [0.29, 0.717) is 22.8 Å². The highest BCUT2D eigenvalue weighted by molar-refractivity contribution is 6.31. The van der Waals surface area contributed by atoms with E-state index < -0.39 is 11.9 Å². The molecule has 2 rings (SSSR count). The number of nitrogens with two attached hydrogens (primary N) is 1. The summed E-state index contributed by atoms with van der Waals surface area (Å²) < 4.78 is 13.6. The van der Waals surface area contributed by atoms with Crippen LogP contribution in [0.15, 0.2) is 36.5 Å². The van der Waals surface area contributed by atoms with E-state index in [2.05, 4.69) is 4.98 Å². The average Bonchev–Trinajstić information content (AvgIpc) is 2.34. The number of halogens is 2. The molecule has 5 heteroatoms. The van der Waals surface area contributed by atoms with E-state index >= 15 is 0 Å². The number of hydrogen-bond donors (Lipinski definition) is 2. The van der Waals surface area contributed by atoms with E-state index in [0.717, 1.165) is 5.56 Å². The van der Waals surface area contributed by atoms with Gasteiger partial charge in [-0.2, -0.15) is 0 Å². The second-order valence-electron chi connectivity index (χ2n) is 4.35. The number of benzene rings is 1. The molecule has 0 bridgehead atoms. The highest BCUT2D eigenvalue weighted by Crippen LogP contribution is 2.21. The molecule has 0 saturated heterocycles. The molecule has 0 fully saturated rings. The lowest BCUT2D eigenvalue weighted by molar-refractivity contribution is 0.174. The summed E-state index contributed by atoms with van der Waals surface area (Å²) in [6.45, 7) is 0.